The van der Waals surface area contributed by atoms with Gasteiger partial charge in [-0.1, -0.05) is 0 Å². The summed E-state index contributed by atoms with van der Waals surface area (Å²) in [5.74, 6) is 1.64. The highest BCUT2D eigenvalue weighted by Gasteiger charge is 2.57. The van der Waals surface area contributed by atoms with Crippen LogP contribution < -0.4 is 20.1 Å². The van der Waals surface area contributed by atoms with Crippen LogP contribution in [0.5, 0.6) is 11.5 Å². The zero-order valence-corrected chi connectivity index (χ0v) is 15.5. The average molecular weight is 358 g/mol. The van der Waals surface area contributed by atoms with Gasteiger partial charge in [-0.2, -0.15) is 0 Å². The second-order valence-electron chi connectivity index (χ2n) is 8.05. The number of hydrogen-bond acceptors (Lipinski definition) is 4. The normalized spacial score (nSPS) is 32.0. The van der Waals surface area contributed by atoms with Crippen LogP contribution in [0, 0.1) is 17.8 Å². The Morgan fingerprint density at radius 3 is 2.85 bits per heavy atom. The van der Waals surface area contributed by atoms with E-state index in [2.05, 4.69) is 10.6 Å². The Hall–Kier alpha value is -2.24. The molecule has 1 heterocycles. The lowest BCUT2D eigenvalue weighted by Crippen LogP contribution is -2.67. The first kappa shape index (κ1) is 17.2. The Labute approximate surface area is 153 Å². The van der Waals surface area contributed by atoms with Crippen LogP contribution in [0.2, 0.25) is 0 Å². The maximum atomic E-state index is 12.7. The molecule has 6 heteroatoms. The van der Waals surface area contributed by atoms with Gasteiger partial charge in [-0.05, 0) is 51.2 Å². The van der Waals surface area contributed by atoms with Crippen LogP contribution in [0.1, 0.15) is 49.9 Å². The van der Waals surface area contributed by atoms with Crippen molar-refractivity contribution in [2.45, 2.75) is 51.3 Å². The standard InChI is InChI=1S/C20H26N2O4/c1-11(2)21-18(23)16-8-13-5-4-12(16)10-20(13)22-19(24)15-7-6-14(25-3)9-17(15)26-20/h6-7,9,11-13,16H,4-5,8,10H2,1-3H3,(H,21,23)(H,22,24). The number of methoxy groups -OCH3 is 1. The monoisotopic (exact) mass is 358 g/mol. The second-order valence-corrected chi connectivity index (χ2v) is 8.05. The van der Waals surface area contributed by atoms with E-state index in [-0.39, 0.29) is 35.6 Å². The van der Waals surface area contributed by atoms with Gasteiger partial charge in [0.1, 0.15) is 11.5 Å². The molecule has 26 heavy (non-hydrogen) atoms. The number of rotatable bonds is 3. The molecule has 2 amide bonds. The Morgan fingerprint density at radius 2 is 2.19 bits per heavy atom. The molecule has 5 rings (SSSR count). The van der Waals surface area contributed by atoms with E-state index in [1.54, 1.807) is 25.3 Å². The molecule has 4 atom stereocenters. The molecule has 1 aliphatic heterocycles. The van der Waals surface area contributed by atoms with Crippen LogP contribution in [0.4, 0.5) is 0 Å². The van der Waals surface area contributed by atoms with Crippen molar-refractivity contribution in [2.75, 3.05) is 7.11 Å². The third-order valence-corrected chi connectivity index (χ3v) is 6.04. The van der Waals surface area contributed by atoms with Gasteiger partial charge < -0.3 is 20.1 Å². The van der Waals surface area contributed by atoms with E-state index in [9.17, 15) is 9.59 Å². The minimum absolute atomic E-state index is 0.00832. The molecule has 2 N–H and O–H groups in total. The third kappa shape index (κ3) is 2.72. The molecule has 0 radical (unpaired) electrons. The molecular formula is C20H26N2O4. The summed E-state index contributed by atoms with van der Waals surface area (Å²) in [4.78, 5) is 25.2. The lowest BCUT2D eigenvalue weighted by atomic mass is 9.60. The zero-order valence-electron chi connectivity index (χ0n) is 15.5. The van der Waals surface area contributed by atoms with Gasteiger partial charge in [0.25, 0.3) is 5.91 Å². The van der Waals surface area contributed by atoms with Crippen LogP contribution in [-0.2, 0) is 4.79 Å². The van der Waals surface area contributed by atoms with Gasteiger partial charge in [0.05, 0.1) is 12.7 Å². The first-order valence-electron chi connectivity index (χ1n) is 9.42. The van der Waals surface area contributed by atoms with E-state index in [4.69, 9.17) is 9.47 Å². The number of fused-ring (bicyclic) bond motifs is 3. The van der Waals surface area contributed by atoms with Crippen molar-refractivity contribution < 1.29 is 19.1 Å². The molecule has 0 aromatic heterocycles. The van der Waals surface area contributed by atoms with Gasteiger partial charge in [-0.3, -0.25) is 9.59 Å². The van der Waals surface area contributed by atoms with Crippen molar-refractivity contribution >= 4 is 11.8 Å². The highest BCUT2D eigenvalue weighted by atomic mass is 16.5. The molecule has 140 valence electrons. The third-order valence-electron chi connectivity index (χ3n) is 6.04. The topological polar surface area (TPSA) is 76.7 Å². The van der Waals surface area contributed by atoms with Gasteiger partial charge in [0, 0.05) is 30.4 Å². The van der Waals surface area contributed by atoms with Gasteiger partial charge in [0.2, 0.25) is 5.91 Å². The van der Waals surface area contributed by atoms with E-state index < -0.39 is 5.72 Å². The summed E-state index contributed by atoms with van der Waals surface area (Å²) >= 11 is 0. The fraction of sp³-hybridized carbons (Fsp3) is 0.600. The summed E-state index contributed by atoms with van der Waals surface area (Å²) in [5, 5.41) is 6.17. The Kier molecular flexibility index (Phi) is 4.09. The van der Waals surface area contributed by atoms with E-state index in [1.807, 2.05) is 13.8 Å². The predicted molar refractivity (Wildman–Crippen MR) is 96.0 cm³/mol. The van der Waals surface area contributed by atoms with Gasteiger partial charge in [0.15, 0.2) is 5.72 Å². The number of carbonyl (C=O) groups is 2. The number of benzene rings is 1. The van der Waals surface area contributed by atoms with Gasteiger partial charge in [-0.15, -0.1) is 0 Å². The highest BCUT2D eigenvalue weighted by molar-refractivity contribution is 5.98. The average Bonchev–Trinajstić information content (AvgIpc) is 2.60. The molecule has 3 saturated carbocycles. The van der Waals surface area contributed by atoms with E-state index in [1.165, 1.54) is 0 Å². The fourth-order valence-corrected chi connectivity index (χ4v) is 4.83. The van der Waals surface area contributed by atoms with Crippen LogP contribution >= 0.6 is 0 Å². The second kappa shape index (κ2) is 6.18. The summed E-state index contributed by atoms with van der Waals surface area (Å²) in [5.41, 5.74) is -0.166. The number of carbonyl (C=O) groups excluding carboxylic acids is 2. The molecule has 1 aromatic rings. The minimum atomic E-state index is -0.700. The number of nitrogens with one attached hydrogen (secondary N) is 2. The first-order chi connectivity index (χ1) is 12.4. The van der Waals surface area contributed by atoms with Crippen LogP contribution in [-0.4, -0.2) is 30.7 Å². The molecular weight excluding hydrogens is 332 g/mol. The van der Waals surface area contributed by atoms with Gasteiger partial charge in [-0.25, -0.2) is 0 Å². The van der Waals surface area contributed by atoms with Crippen LogP contribution in [0.3, 0.4) is 0 Å². The lowest BCUT2D eigenvalue weighted by molar-refractivity contribution is -0.147. The number of hydrogen-bond donors (Lipinski definition) is 2. The van der Waals surface area contributed by atoms with Crippen molar-refractivity contribution in [2.24, 2.45) is 17.8 Å². The Bertz CT molecular complexity index is 747. The molecule has 1 spiro atoms. The fourth-order valence-electron chi connectivity index (χ4n) is 4.83. The van der Waals surface area contributed by atoms with E-state index in [0.717, 1.165) is 19.3 Å². The van der Waals surface area contributed by atoms with Gasteiger partial charge >= 0.3 is 0 Å². The molecule has 0 saturated heterocycles. The number of ether oxygens (including phenoxy) is 2. The van der Waals surface area contributed by atoms with Crippen molar-refractivity contribution in [3.05, 3.63) is 23.8 Å². The predicted octanol–water partition coefficient (Wildman–Crippen LogP) is 2.47. The van der Waals surface area contributed by atoms with E-state index in [0.29, 0.717) is 23.5 Å². The summed E-state index contributed by atoms with van der Waals surface area (Å²) in [7, 11) is 1.60. The van der Waals surface area contributed by atoms with Crippen molar-refractivity contribution in [1.29, 1.82) is 0 Å². The van der Waals surface area contributed by atoms with Crippen molar-refractivity contribution in [3.8, 4) is 11.5 Å². The maximum Gasteiger partial charge on any atom is 0.258 e. The quantitative estimate of drug-likeness (QED) is 0.870. The van der Waals surface area contributed by atoms with Crippen LogP contribution in [0.15, 0.2) is 18.2 Å². The van der Waals surface area contributed by atoms with Crippen LogP contribution in [0.25, 0.3) is 0 Å². The maximum absolute atomic E-state index is 12.7. The SMILES string of the molecule is COc1ccc2c(c1)OC1(CC3CCC1CC3C(=O)NC(C)C)NC2=O. The smallest absolute Gasteiger partial charge is 0.258 e. The first-order valence-corrected chi connectivity index (χ1v) is 9.42. The Balaban J connectivity index is 1.59. The van der Waals surface area contributed by atoms with E-state index >= 15 is 0 Å². The Morgan fingerprint density at radius 1 is 1.38 bits per heavy atom. The highest BCUT2D eigenvalue weighted by Crippen LogP contribution is 2.52. The molecule has 3 fully saturated rings. The summed E-state index contributed by atoms with van der Waals surface area (Å²) in [6.07, 6.45) is 3.40. The summed E-state index contributed by atoms with van der Waals surface area (Å²) < 4.78 is 11.6. The summed E-state index contributed by atoms with van der Waals surface area (Å²) in [6, 6.07) is 5.41. The number of amides is 2. The lowest BCUT2D eigenvalue weighted by Gasteiger charge is -2.55. The molecule has 4 unspecified atom stereocenters. The molecule has 4 aliphatic rings. The minimum Gasteiger partial charge on any atom is -0.497 e. The van der Waals surface area contributed by atoms with Crippen molar-refractivity contribution in [1.82, 2.24) is 10.6 Å². The molecule has 3 aliphatic carbocycles. The molecule has 1 aromatic carbocycles. The molecule has 2 bridgehead atoms. The van der Waals surface area contributed by atoms with Crippen molar-refractivity contribution in [3.63, 3.8) is 0 Å². The summed E-state index contributed by atoms with van der Waals surface area (Å²) in [6.45, 7) is 3.96. The molecule has 6 nitrogen and oxygen atoms in total. The zero-order chi connectivity index (χ0) is 18.5. The largest absolute Gasteiger partial charge is 0.497 e.